The number of aryl methyl sites for hydroxylation is 1. The van der Waals surface area contributed by atoms with Gasteiger partial charge in [-0.2, -0.15) is 0 Å². The van der Waals surface area contributed by atoms with Crippen LogP contribution in [-0.4, -0.2) is 9.55 Å². The second-order valence-corrected chi connectivity index (χ2v) is 5.34. The number of nitrogens with two attached hydrogens (primary N) is 1. The van der Waals surface area contributed by atoms with Crippen molar-refractivity contribution < 1.29 is 4.39 Å². The molecule has 2 N–H and O–H groups in total. The molecule has 0 fully saturated rings. The zero-order valence-electron chi connectivity index (χ0n) is 11.2. The molecule has 0 unspecified atom stereocenters. The SMILES string of the molecule is C#CCn1c(CCC)nc(-c2ccc(Br)cc2F)c1N. The van der Waals surface area contributed by atoms with Crippen molar-refractivity contribution in [3.05, 3.63) is 34.3 Å². The Morgan fingerprint density at radius 3 is 2.85 bits per heavy atom. The molecule has 0 spiro atoms. The molecule has 0 bridgehead atoms. The van der Waals surface area contributed by atoms with Crippen molar-refractivity contribution in [2.24, 2.45) is 0 Å². The van der Waals surface area contributed by atoms with Gasteiger partial charge >= 0.3 is 0 Å². The van der Waals surface area contributed by atoms with Crippen LogP contribution in [0.5, 0.6) is 0 Å². The first-order chi connectivity index (χ1) is 9.58. The lowest BCUT2D eigenvalue weighted by Gasteiger charge is -2.05. The minimum Gasteiger partial charge on any atom is -0.383 e. The fourth-order valence-electron chi connectivity index (χ4n) is 2.08. The molecule has 0 radical (unpaired) electrons. The maximum Gasteiger partial charge on any atom is 0.133 e. The van der Waals surface area contributed by atoms with Crippen molar-refractivity contribution in [2.45, 2.75) is 26.3 Å². The van der Waals surface area contributed by atoms with Gasteiger partial charge in [0.05, 0.1) is 6.54 Å². The van der Waals surface area contributed by atoms with Gasteiger partial charge in [0.25, 0.3) is 0 Å². The molecule has 2 rings (SSSR count). The third-order valence-electron chi connectivity index (χ3n) is 3.00. The standard InChI is InChI=1S/C15H15BrFN3/c1-3-5-13-19-14(15(18)20(13)8-4-2)11-7-6-10(16)9-12(11)17/h2,6-7,9H,3,5,8,18H2,1H3. The maximum atomic E-state index is 14.1. The number of nitrogens with zero attached hydrogens (tertiary/aromatic N) is 2. The molecule has 2 aromatic rings. The van der Waals surface area contributed by atoms with E-state index in [0.717, 1.165) is 18.7 Å². The summed E-state index contributed by atoms with van der Waals surface area (Å²) in [7, 11) is 0. The number of hydrogen-bond donors (Lipinski definition) is 1. The van der Waals surface area contributed by atoms with Gasteiger partial charge in [0, 0.05) is 16.5 Å². The largest absolute Gasteiger partial charge is 0.383 e. The van der Waals surface area contributed by atoms with Crippen LogP contribution < -0.4 is 5.73 Å². The first kappa shape index (κ1) is 14.6. The molecule has 0 aliphatic carbocycles. The lowest BCUT2D eigenvalue weighted by atomic mass is 10.1. The van der Waals surface area contributed by atoms with Crippen LogP contribution in [0.25, 0.3) is 11.3 Å². The second kappa shape index (κ2) is 6.10. The molecular formula is C15H15BrFN3. The highest BCUT2D eigenvalue weighted by Crippen LogP contribution is 2.30. The first-order valence-corrected chi connectivity index (χ1v) is 7.11. The average Bonchev–Trinajstić information content (AvgIpc) is 2.69. The molecule has 0 atom stereocenters. The minimum atomic E-state index is -0.362. The van der Waals surface area contributed by atoms with Crippen LogP contribution in [0.15, 0.2) is 22.7 Å². The Morgan fingerprint density at radius 1 is 1.50 bits per heavy atom. The highest BCUT2D eigenvalue weighted by atomic mass is 79.9. The van der Waals surface area contributed by atoms with Gasteiger partial charge in [-0.1, -0.05) is 28.8 Å². The molecule has 0 aliphatic heterocycles. The molecule has 1 heterocycles. The molecule has 5 heteroatoms. The van der Waals surface area contributed by atoms with Gasteiger partial charge < -0.3 is 10.3 Å². The molecule has 104 valence electrons. The van der Waals surface area contributed by atoms with Crippen LogP contribution >= 0.6 is 15.9 Å². The summed E-state index contributed by atoms with van der Waals surface area (Å²) in [5, 5.41) is 0. The fraction of sp³-hybridized carbons (Fsp3) is 0.267. The first-order valence-electron chi connectivity index (χ1n) is 6.32. The highest BCUT2D eigenvalue weighted by molar-refractivity contribution is 9.10. The summed E-state index contributed by atoms with van der Waals surface area (Å²) in [6.45, 7) is 2.39. The summed E-state index contributed by atoms with van der Waals surface area (Å²) in [6.07, 6.45) is 7.03. The Bertz CT molecular complexity index is 670. The van der Waals surface area contributed by atoms with Crippen LogP contribution in [-0.2, 0) is 13.0 Å². The molecule has 1 aromatic carbocycles. The van der Waals surface area contributed by atoms with E-state index in [1.54, 1.807) is 16.7 Å². The van der Waals surface area contributed by atoms with E-state index in [2.05, 4.69) is 26.8 Å². The fourth-order valence-corrected chi connectivity index (χ4v) is 2.41. The van der Waals surface area contributed by atoms with Crippen molar-refractivity contribution in [3.63, 3.8) is 0 Å². The van der Waals surface area contributed by atoms with E-state index in [1.807, 2.05) is 6.92 Å². The average molecular weight is 336 g/mol. The Hall–Kier alpha value is -1.80. The Kier molecular flexibility index (Phi) is 4.46. The number of nitrogen functional groups attached to an aromatic ring is 1. The van der Waals surface area contributed by atoms with Crippen LogP contribution in [0.2, 0.25) is 0 Å². The number of imidazole rings is 1. The maximum absolute atomic E-state index is 14.1. The second-order valence-electron chi connectivity index (χ2n) is 4.43. The summed E-state index contributed by atoms with van der Waals surface area (Å²) in [5.41, 5.74) is 6.93. The number of anilines is 1. The highest BCUT2D eigenvalue weighted by Gasteiger charge is 2.17. The van der Waals surface area contributed by atoms with E-state index < -0.39 is 0 Å². The molecule has 0 saturated heterocycles. The molecule has 3 nitrogen and oxygen atoms in total. The summed E-state index contributed by atoms with van der Waals surface area (Å²) in [4.78, 5) is 4.47. The molecule has 0 aliphatic rings. The van der Waals surface area contributed by atoms with Crippen molar-refractivity contribution >= 4 is 21.7 Å². The molecule has 20 heavy (non-hydrogen) atoms. The van der Waals surface area contributed by atoms with Crippen LogP contribution in [0, 0.1) is 18.2 Å². The lowest BCUT2D eigenvalue weighted by molar-refractivity contribution is 0.630. The number of aromatic nitrogens is 2. The Morgan fingerprint density at radius 2 is 2.25 bits per heavy atom. The van der Waals surface area contributed by atoms with Gasteiger partial charge in [-0.25, -0.2) is 9.37 Å². The van der Waals surface area contributed by atoms with E-state index in [0.29, 0.717) is 28.1 Å². The number of hydrogen-bond acceptors (Lipinski definition) is 2. The number of rotatable bonds is 4. The zero-order valence-corrected chi connectivity index (χ0v) is 12.7. The van der Waals surface area contributed by atoms with Crippen LogP contribution in [0.4, 0.5) is 10.2 Å². The van der Waals surface area contributed by atoms with Gasteiger partial charge in [0.15, 0.2) is 0 Å². The minimum absolute atomic E-state index is 0.340. The van der Waals surface area contributed by atoms with Gasteiger partial charge in [-0.15, -0.1) is 6.42 Å². The van der Waals surface area contributed by atoms with Crippen molar-refractivity contribution in [2.75, 3.05) is 5.73 Å². The number of terminal acetylenes is 1. The number of halogens is 2. The third-order valence-corrected chi connectivity index (χ3v) is 3.49. The third kappa shape index (κ3) is 2.70. The zero-order chi connectivity index (χ0) is 14.7. The summed E-state index contributed by atoms with van der Waals surface area (Å²) < 4.78 is 16.5. The van der Waals surface area contributed by atoms with Gasteiger partial charge in [0.1, 0.15) is 23.2 Å². The van der Waals surface area contributed by atoms with Crippen LogP contribution in [0.3, 0.4) is 0 Å². The summed E-state index contributed by atoms with van der Waals surface area (Å²) in [5.74, 6) is 3.39. The van der Waals surface area contributed by atoms with Gasteiger partial charge in [0.2, 0.25) is 0 Å². The lowest BCUT2D eigenvalue weighted by Crippen LogP contribution is -2.06. The smallest absolute Gasteiger partial charge is 0.133 e. The van der Waals surface area contributed by atoms with E-state index >= 15 is 0 Å². The Balaban J connectivity index is 2.57. The van der Waals surface area contributed by atoms with Crippen molar-refractivity contribution in [1.82, 2.24) is 9.55 Å². The summed E-state index contributed by atoms with van der Waals surface area (Å²) >= 11 is 3.23. The predicted molar refractivity (Wildman–Crippen MR) is 82.6 cm³/mol. The van der Waals surface area contributed by atoms with E-state index in [1.165, 1.54) is 6.07 Å². The molecule has 0 saturated carbocycles. The van der Waals surface area contributed by atoms with E-state index in [9.17, 15) is 4.39 Å². The van der Waals surface area contributed by atoms with Gasteiger partial charge in [-0.3, -0.25) is 0 Å². The molecule has 1 aromatic heterocycles. The van der Waals surface area contributed by atoms with Crippen molar-refractivity contribution in [1.29, 1.82) is 0 Å². The van der Waals surface area contributed by atoms with E-state index in [-0.39, 0.29) is 5.82 Å². The number of benzene rings is 1. The topological polar surface area (TPSA) is 43.8 Å². The molecule has 0 amide bonds. The predicted octanol–water partition coefficient (Wildman–Crippen LogP) is 3.62. The summed E-state index contributed by atoms with van der Waals surface area (Å²) in [6, 6.07) is 4.82. The van der Waals surface area contributed by atoms with Crippen LogP contribution in [0.1, 0.15) is 19.2 Å². The quantitative estimate of drug-likeness (QED) is 0.867. The van der Waals surface area contributed by atoms with Gasteiger partial charge in [-0.05, 0) is 24.6 Å². The Labute approximate surface area is 126 Å². The van der Waals surface area contributed by atoms with E-state index in [4.69, 9.17) is 12.2 Å². The monoisotopic (exact) mass is 335 g/mol. The molecular weight excluding hydrogens is 321 g/mol. The van der Waals surface area contributed by atoms with Crippen molar-refractivity contribution in [3.8, 4) is 23.6 Å². The normalized spacial score (nSPS) is 10.5.